The maximum Gasteiger partial charge on any atom is 0.224 e. The zero-order valence-corrected chi connectivity index (χ0v) is 20.7. The molecule has 0 atom stereocenters. The first kappa shape index (κ1) is 24.3. The lowest BCUT2D eigenvalue weighted by atomic mass is 9.93. The second-order valence-electron chi connectivity index (χ2n) is 9.75. The SMILES string of the molecule is CCC(=O)Nc1c(C)nn(-c2ccccc2)c1N1CCC(C(=O)NC2CCCCCCC2)CC1. The molecule has 2 amide bonds. The van der Waals surface area contributed by atoms with Crippen LogP contribution in [0.4, 0.5) is 11.5 Å². The highest BCUT2D eigenvalue weighted by molar-refractivity contribution is 5.94. The van der Waals surface area contributed by atoms with Gasteiger partial charge in [-0.3, -0.25) is 9.59 Å². The summed E-state index contributed by atoms with van der Waals surface area (Å²) in [5.41, 5.74) is 2.53. The largest absolute Gasteiger partial charge is 0.355 e. The Bertz CT molecular complexity index is 955. The summed E-state index contributed by atoms with van der Waals surface area (Å²) < 4.78 is 1.93. The number of nitrogens with zero attached hydrogens (tertiary/aromatic N) is 3. The monoisotopic (exact) mass is 465 g/mol. The number of rotatable bonds is 6. The first-order chi connectivity index (χ1) is 16.6. The Labute approximate surface area is 203 Å². The van der Waals surface area contributed by atoms with Crippen molar-refractivity contribution in [3.63, 3.8) is 0 Å². The van der Waals surface area contributed by atoms with Crippen molar-refractivity contribution >= 4 is 23.3 Å². The highest BCUT2D eigenvalue weighted by Crippen LogP contribution is 2.35. The summed E-state index contributed by atoms with van der Waals surface area (Å²) >= 11 is 0. The third-order valence-electron chi connectivity index (χ3n) is 7.24. The van der Waals surface area contributed by atoms with E-state index in [4.69, 9.17) is 5.10 Å². The Morgan fingerprint density at radius 3 is 2.26 bits per heavy atom. The van der Waals surface area contributed by atoms with Gasteiger partial charge in [-0.1, -0.05) is 57.2 Å². The summed E-state index contributed by atoms with van der Waals surface area (Å²) in [6, 6.07) is 10.4. The van der Waals surface area contributed by atoms with Crippen molar-refractivity contribution in [2.45, 2.75) is 84.1 Å². The molecule has 7 nitrogen and oxygen atoms in total. The van der Waals surface area contributed by atoms with Crippen LogP contribution in [0.25, 0.3) is 5.69 Å². The quantitative estimate of drug-likeness (QED) is 0.631. The van der Waals surface area contributed by atoms with Crippen LogP contribution >= 0.6 is 0 Å². The molecule has 2 N–H and O–H groups in total. The van der Waals surface area contributed by atoms with E-state index in [1.54, 1.807) is 0 Å². The number of carbonyl (C=O) groups is 2. The Morgan fingerprint density at radius 1 is 0.971 bits per heavy atom. The standard InChI is InChI=1S/C27H39N5O2/c1-3-24(33)29-25-20(2)30-32(23-14-10-7-11-15-23)27(25)31-18-16-21(17-19-31)26(34)28-22-12-8-5-4-6-9-13-22/h7,10-11,14-15,21-22H,3-6,8-9,12-13,16-19H2,1-2H3,(H,28,34)(H,29,33). The number of para-hydroxylation sites is 1. The third-order valence-corrected chi connectivity index (χ3v) is 7.24. The molecular weight excluding hydrogens is 426 g/mol. The molecule has 34 heavy (non-hydrogen) atoms. The summed E-state index contributed by atoms with van der Waals surface area (Å²) in [5.74, 6) is 1.15. The Morgan fingerprint density at radius 2 is 1.62 bits per heavy atom. The van der Waals surface area contributed by atoms with Crippen LogP contribution in [-0.2, 0) is 9.59 Å². The van der Waals surface area contributed by atoms with Crippen molar-refractivity contribution in [2.75, 3.05) is 23.3 Å². The summed E-state index contributed by atoms with van der Waals surface area (Å²) in [4.78, 5) is 27.6. The lowest BCUT2D eigenvalue weighted by Gasteiger charge is -2.34. The topological polar surface area (TPSA) is 79.3 Å². The molecule has 2 aromatic rings. The third kappa shape index (κ3) is 5.80. The van der Waals surface area contributed by atoms with Gasteiger partial charge in [-0.05, 0) is 44.7 Å². The number of hydrogen-bond donors (Lipinski definition) is 2. The van der Waals surface area contributed by atoms with Crippen LogP contribution in [0.3, 0.4) is 0 Å². The van der Waals surface area contributed by atoms with Crippen LogP contribution in [-0.4, -0.2) is 40.7 Å². The highest BCUT2D eigenvalue weighted by atomic mass is 16.2. The number of amides is 2. The molecule has 0 spiro atoms. The molecule has 2 heterocycles. The molecule has 0 unspecified atom stereocenters. The van der Waals surface area contributed by atoms with E-state index >= 15 is 0 Å². The summed E-state index contributed by atoms with van der Waals surface area (Å²) in [6.07, 6.45) is 10.6. The van der Waals surface area contributed by atoms with Gasteiger partial charge in [0.25, 0.3) is 0 Å². The van der Waals surface area contributed by atoms with Crippen molar-refractivity contribution in [2.24, 2.45) is 5.92 Å². The molecule has 4 rings (SSSR count). The number of carbonyl (C=O) groups excluding carboxylic acids is 2. The molecule has 1 aliphatic heterocycles. The van der Waals surface area contributed by atoms with Crippen LogP contribution in [0.5, 0.6) is 0 Å². The van der Waals surface area contributed by atoms with Gasteiger partial charge in [0.1, 0.15) is 5.69 Å². The van der Waals surface area contributed by atoms with Gasteiger partial charge in [0.15, 0.2) is 5.82 Å². The fourth-order valence-corrected chi connectivity index (χ4v) is 5.20. The van der Waals surface area contributed by atoms with Crippen molar-refractivity contribution < 1.29 is 9.59 Å². The number of hydrogen-bond acceptors (Lipinski definition) is 4. The predicted octanol–water partition coefficient (Wildman–Crippen LogP) is 4.97. The molecule has 2 aliphatic rings. The van der Waals surface area contributed by atoms with Gasteiger partial charge in [0.05, 0.1) is 11.4 Å². The average Bonchev–Trinajstić information content (AvgIpc) is 3.17. The van der Waals surface area contributed by atoms with Crippen molar-refractivity contribution in [1.82, 2.24) is 15.1 Å². The van der Waals surface area contributed by atoms with Crippen LogP contribution in [0.15, 0.2) is 30.3 Å². The summed E-state index contributed by atoms with van der Waals surface area (Å²) in [6.45, 7) is 5.31. The van der Waals surface area contributed by atoms with Crippen molar-refractivity contribution in [3.8, 4) is 5.69 Å². The van der Waals surface area contributed by atoms with E-state index in [2.05, 4.69) is 15.5 Å². The molecule has 0 bridgehead atoms. The van der Waals surface area contributed by atoms with Gasteiger partial charge in [-0.25, -0.2) is 4.68 Å². The van der Waals surface area contributed by atoms with Gasteiger partial charge in [-0.15, -0.1) is 0 Å². The van der Waals surface area contributed by atoms with Crippen LogP contribution in [0, 0.1) is 12.8 Å². The molecule has 7 heteroatoms. The molecule has 2 fully saturated rings. The Balaban J connectivity index is 1.47. The van der Waals surface area contributed by atoms with E-state index in [-0.39, 0.29) is 17.7 Å². The maximum absolute atomic E-state index is 13.0. The molecular formula is C27H39N5O2. The minimum atomic E-state index is -0.0228. The first-order valence-electron chi connectivity index (χ1n) is 13.1. The molecule has 1 aromatic heterocycles. The van der Waals surface area contributed by atoms with Gasteiger partial charge < -0.3 is 15.5 Å². The van der Waals surface area contributed by atoms with Crippen molar-refractivity contribution in [3.05, 3.63) is 36.0 Å². The lowest BCUT2D eigenvalue weighted by Crippen LogP contribution is -2.44. The van der Waals surface area contributed by atoms with E-state index < -0.39 is 0 Å². The number of nitrogens with one attached hydrogen (secondary N) is 2. The van der Waals surface area contributed by atoms with Gasteiger partial charge in [0.2, 0.25) is 11.8 Å². The normalized spacial score (nSPS) is 18.2. The number of aryl methyl sites for hydroxylation is 1. The van der Waals surface area contributed by atoms with Crippen LogP contribution in [0.1, 0.15) is 76.8 Å². The van der Waals surface area contributed by atoms with Gasteiger partial charge >= 0.3 is 0 Å². The first-order valence-corrected chi connectivity index (χ1v) is 13.1. The zero-order chi connectivity index (χ0) is 23.9. The van der Waals surface area contributed by atoms with E-state index in [0.29, 0.717) is 12.5 Å². The van der Waals surface area contributed by atoms with Crippen molar-refractivity contribution in [1.29, 1.82) is 0 Å². The van der Waals surface area contributed by atoms with E-state index in [0.717, 1.165) is 61.7 Å². The second-order valence-corrected chi connectivity index (χ2v) is 9.75. The fourth-order valence-electron chi connectivity index (χ4n) is 5.20. The Kier molecular flexibility index (Phi) is 8.25. The van der Waals surface area contributed by atoms with Gasteiger partial charge in [-0.2, -0.15) is 5.10 Å². The number of aromatic nitrogens is 2. The van der Waals surface area contributed by atoms with E-state index in [1.807, 2.05) is 48.9 Å². The summed E-state index contributed by atoms with van der Waals surface area (Å²) in [5, 5.41) is 11.2. The minimum Gasteiger partial charge on any atom is -0.355 e. The number of piperidine rings is 1. The highest BCUT2D eigenvalue weighted by Gasteiger charge is 2.30. The summed E-state index contributed by atoms with van der Waals surface area (Å²) in [7, 11) is 0. The molecule has 1 saturated carbocycles. The lowest BCUT2D eigenvalue weighted by molar-refractivity contribution is -0.126. The molecule has 0 radical (unpaired) electrons. The molecule has 1 aliphatic carbocycles. The van der Waals surface area contributed by atoms with E-state index in [1.165, 1.54) is 32.1 Å². The maximum atomic E-state index is 13.0. The number of anilines is 2. The fraction of sp³-hybridized carbons (Fsp3) is 0.593. The predicted molar refractivity (Wildman–Crippen MR) is 136 cm³/mol. The molecule has 184 valence electrons. The smallest absolute Gasteiger partial charge is 0.224 e. The average molecular weight is 466 g/mol. The molecule has 1 saturated heterocycles. The van der Waals surface area contributed by atoms with Gasteiger partial charge in [0, 0.05) is 31.5 Å². The number of benzene rings is 1. The second kappa shape index (κ2) is 11.5. The molecule has 1 aromatic carbocycles. The van der Waals surface area contributed by atoms with Crippen LogP contribution < -0.4 is 15.5 Å². The zero-order valence-electron chi connectivity index (χ0n) is 20.7. The van der Waals surface area contributed by atoms with Crippen LogP contribution in [0.2, 0.25) is 0 Å². The minimum absolute atomic E-state index is 0.0228. The van der Waals surface area contributed by atoms with E-state index in [9.17, 15) is 9.59 Å². The Hall–Kier alpha value is -2.83.